The van der Waals surface area contributed by atoms with E-state index in [0.717, 1.165) is 24.7 Å². The average molecular weight is 456 g/mol. The molecule has 0 radical (unpaired) electrons. The van der Waals surface area contributed by atoms with Gasteiger partial charge in [0.1, 0.15) is 11.4 Å². The van der Waals surface area contributed by atoms with Crippen LogP contribution < -0.4 is 20.1 Å². The molecule has 1 aliphatic heterocycles. The van der Waals surface area contributed by atoms with Crippen LogP contribution >= 0.6 is 0 Å². The highest BCUT2D eigenvalue weighted by molar-refractivity contribution is 7.88. The number of carbonyl (C=O) groups excluding carboxylic acids is 2. The third kappa shape index (κ3) is 8.74. The minimum Gasteiger partial charge on any atom is -0.479 e. The molecule has 0 aromatic heterocycles. The van der Waals surface area contributed by atoms with E-state index in [9.17, 15) is 18.0 Å². The predicted octanol–water partition coefficient (Wildman–Crippen LogP) is 3.08. The number of ether oxygens (including phenoxy) is 2. The Morgan fingerprint density at radius 1 is 1.26 bits per heavy atom. The summed E-state index contributed by atoms with van der Waals surface area (Å²) in [4.78, 5) is 24.3. The number of unbranched alkanes of at least 4 members (excludes halogenated alkanes) is 2. The zero-order chi connectivity index (χ0) is 23.2. The van der Waals surface area contributed by atoms with Crippen molar-refractivity contribution in [3.63, 3.8) is 0 Å². The molecule has 174 valence electrons. The van der Waals surface area contributed by atoms with Crippen LogP contribution in [-0.2, 0) is 19.6 Å². The third-order valence-electron chi connectivity index (χ3n) is 4.56. The first-order chi connectivity index (χ1) is 14.3. The number of sulfonamides is 1. The Kier molecular flexibility index (Phi) is 8.30. The Balaban J connectivity index is 2.06. The van der Waals surface area contributed by atoms with E-state index >= 15 is 0 Å². The molecule has 2 amide bonds. The van der Waals surface area contributed by atoms with Gasteiger partial charge < -0.3 is 20.1 Å². The lowest BCUT2D eigenvalue weighted by molar-refractivity contribution is -0.122. The van der Waals surface area contributed by atoms with Gasteiger partial charge in [-0.2, -0.15) is 0 Å². The van der Waals surface area contributed by atoms with Crippen molar-refractivity contribution in [2.24, 2.45) is 0 Å². The van der Waals surface area contributed by atoms with E-state index in [-0.39, 0.29) is 11.9 Å². The van der Waals surface area contributed by atoms with Crippen molar-refractivity contribution in [2.45, 2.75) is 71.1 Å². The number of anilines is 1. The van der Waals surface area contributed by atoms with Crippen molar-refractivity contribution >= 4 is 27.7 Å². The minimum absolute atomic E-state index is 0.223. The van der Waals surface area contributed by atoms with Gasteiger partial charge in [0, 0.05) is 6.54 Å². The van der Waals surface area contributed by atoms with Gasteiger partial charge in [0.05, 0.1) is 18.0 Å². The van der Waals surface area contributed by atoms with Crippen LogP contribution in [-0.4, -0.2) is 44.9 Å². The summed E-state index contributed by atoms with van der Waals surface area (Å²) in [5.41, 5.74) is 0.756. The summed E-state index contributed by atoms with van der Waals surface area (Å²) in [6, 6.07) is 5.10. The molecule has 1 aromatic carbocycles. The Morgan fingerprint density at radius 3 is 2.61 bits per heavy atom. The van der Waals surface area contributed by atoms with Gasteiger partial charge in [-0.15, -0.1) is 0 Å². The lowest BCUT2D eigenvalue weighted by Crippen LogP contribution is -2.36. The van der Waals surface area contributed by atoms with Crippen LogP contribution in [0.2, 0.25) is 0 Å². The molecule has 1 aliphatic rings. The molecule has 9 nitrogen and oxygen atoms in total. The smallest absolute Gasteiger partial charge is 0.408 e. The predicted molar refractivity (Wildman–Crippen MR) is 119 cm³/mol. The maximum Gasteiger partial charge on any atom is 0.408 e. The topological polar surface area (TPSA) is 123 Å². The molecular formula is C21H33N3O6S. The largest absolute Gasteiger partial charge is 0.479 e. The summed E-state index contributed by atoms with van der Waals surface area (Å²) >= 11 is 0. The quantitative estimate of drug-likeness (QED) is 0.492. The molecule has 31 heavy (non-hydrogen) atoms. The second kappa shape index (κ2) is 10.3. The molecule has 10 heteroatoms. The molecule has 0 aliphatic carbocycles. The zero-order valence-electron chi connectivity index (χ0n) is 18.8. The SMILES string of the molecule is CC1Oc2ccc(C(CCCCCNS(C)(=O)=O)NC(=O)OC(C)(C)C)cc2NC1=O. The van der Waals surface area contributed by atoms with Crippen molar-refractivity contribution in [1.82, 2.24) is 10.0 Å². The van der Waals surface area contributed by atoms with Gasteiger partial charge in [-0.3, -0.25) is 4.79 Å². The summed E-state index contributed by atoms with van der Waals surface area (Å²) in [6.07, 6.45) is 2.92. The summed E-state index contributed by atoms with van der Waals surface area (Å²) in [5, 5.41) is 5.73. The molecule has 0 bridgehead atoms. The molecule has 0 saturated heterocycles. The lowest BCUT2D eigenvalue weighted by atomic mass is 9.99. The van der Waals surface area contributed by atoms with Crippen LogP contribution in [0.25, 0.3) is 0 Å². The van der Waals surface area contributed by atoms with Crippen molar-refractivity contribution in [2.75, 3.05) is 18.1 Å². The van der Waals surface area contributed by atoms with Gasteiger partial charge in [0.25, 0.3) is 5.91 Å². The second-order valence-electron chi connectivity index (χ2n) is 8.72. The normalized spacial score (nSPS) is 17.2. The minimum atomic E-state index is -3.19. The number of carbonyl (C=O) groups is 2. The fourth-order valence-corrected chi connectivity index (χ4v) is 3.64. The first-order valence-electron chi connectivity index (χ1n) is 10.4. The van der Waals surface area contributed by atoms with E-state index in [1.54, 1.807) is 39.8 Å². The maximum absolute atomic E-state index is 12.4. The summed E-state index contributed by atoms with van der Waals surface area (Å²) in [7, 11) is -3.19. The number of rotatable bonds is 9. The number of fused-ring (bicyclic) bond motifs is 1. The molecule has 1 heterocycles. The third-order valence-corrected chi connectivity index (χ3v) is 5.29. The van der Waals surface area contributed by atoms with Crippen molar-refractivity contribution in [3.05, 3.63) is 23.8 Å². The number of hydrogen-bond acceptors (Lipinski definition) is 6. The van der Waals surface area contributed by atoms with Crippen molar-refractivity contribution in [1.29, 1.82) is 0 Å². The van der Waals surface area contributed by atoms with Crippen molar-refractivity contribution in [3.8, 4) is 5.75 Å². The monoisotopic (exact) mass is 455 g/mol. The number of nitrogens with one attached hydrogen (secondary N) is 3. The van der Waals surface area contributed by atoms with E-state index in [1.807, 2.05) is 6.07 Å². The summed E-state index contributed by atoms with van der Waals surface area (Å²) in [5.74, 6) is 0.360. The van der Waals surface area contributed by atoms with E-state index < -0.39 is 27.8 Å². The molecular weight excluding hydrogens is 422 g/mol. The summed E-state index contributed by atoms with van der Waals surface area (Å²) < 4.78 is 35.7. The fraction of sp³-hybridized carbons (Fsp3) is 0.619. The number of hydrogen-bond donors (Lipinski definition) is 3. The van der Waals surface area contributed by atoms with Crippen LogP contribution in [0.3, 0.4) is 0 Å². The average Bonchev–Trinajstić information content (AvgIpc) is 2.61. The molecule has 3 N–H and O–H groups in total. The van der Waals surface area contributed by atoms with Gasteiger partial charge in [0.2, 0.25) is 10.0 Å². The molecule has 0 fully saturated rings. The van der Waals surface area contributed by atoms with Crippen LogP contribution in [0.5, 0.6) is 5.75 Å². The van der Waals surface area contributed by atoms with Crippen LogP contribution in [0.4, 0.5) is 10.5 Å². The van der Waals surface area contributed by atoms with Crippen LogP contribution in [0, 0.1) is 0 Å². The standard InChI is InChI=1S/C21H33N3O6S/c1-14-19(25)23-17-13-15(10-11-18(17)29-14)16(24-20(26)30-21(2,3)4)9-7-6-8-12-22-31(5,27)28/h10-11,13-14,16,22H,6-9,12H2,1-5H3,(H,23,25)(H,24,26). The van der Waals surface area contributed by atoms with Crippen LogP contribution in [0.15, 0.2) is 18.2 Å². The summed E-state index contributed by atoms with van der Waals surface area (Å²) in [6.45, 7) is 7.44. The first kappa shape index (κ1) is 24.9. The second-order valence-corrected chi connectivity index (χ2v) is 10.6. The van der Waals surface area contributed by atoms with Gasteiger partial charge >= 0.3 is 6.09 Å². The van der Waals surface area contributed by atoms with E-state index in [0.29, 0.717) is 30.8 Å². The Bertz CT molecular complexity index is 895. The molecule has 0 spiro atoms. The lowest BCUT2D eigenvalue weighted by Gasteiger charge is -2.27. The molecule has 1 aromatic rings. The van der Waals surface area contributed by atoms with Gasteiger partial charge in [-0.25, -0.2) is 17.9 Å². The number of benzene rings is 1. The molecule has 0 saturated carbocycles. The molecule has 2 atom stereocenters. The number of alkyl carbamates (subject to hydrolysis) is 1. The van der Waals surface area contributed by atoms with Crippen molar-refractivity contribution < 1.29 is 27.5 Å². The maximum atomic E-state index is 12.4. The Labute approximate surface area is 184 Å². The van der Waals surface area contributed by atoms with Gasteiger partial charge in [0.15, 0.2) is 6.10 Å². The zero-order valence-corrected chi connectivity index (χ0v) is 19.6. The highest BCUT2D eigenvalue weighted by Gasteiger charge is 2.26. The fourth-order valence-electron chi connectivity index (χ4n) is 3.12. The van der Waals surface area contributed by atoms with E-state index in [1.165, 1.54) is 0 Å². The molecule has 2 unspecified atom stereocenters. The highest BCUT2D eigenvalue weighted by atomic mass is 32.2. The Hall–Kier alpha value is -2.33. The molecule has 2 rings (SSSR count). The van der Waals surface area contributed by atoms with E-state index in [4.69, 9.17) is 9.47 Å². The van der Waals surface area contributed by atoms with Gasteiger partial charge in [-0.05, 0) is 58.2 Å². The van der Waals surface area contributed by atoms with E-state index in [2.05, 4.69) is 15.4 Å². The van der Waals surface area contributed by atoms with Gasteiger partial charge in [-0.1, -0.05) is 18.9 Å². The highest BCUT2D eigenvalue weighted by Crippen LogP contribution is 2.33. The number of amides is 2. The first-order valence-corrected chi connectivity index (χ1v) is 12.3. The Morgan fingerprint density at radius 2 is 1.97 bits per heavy atom. The van der Waals surface area contributed by atoms with Crippen LogP contribution in [0.1, 0.15) is 65.0 Å².